The van der Waals surface area contributed by atoms with Gasteiger partial charge in [0.1, 0.15) is 0 Å². The fourth-order valence-corrected chi connectivity index (χ4v) is 3.51. The first-order valence-electron chi connectivity index (χ1n) is 11.3. The van der Waals surface area contributed by atoms with Crippen molar-refractivity contribution in [3.8, 4) is 0 Å². The van der Waals surface area contributed by atoms with E-state index in [9.17, 15) is 9.46 Å². The van der Waals surface area contributed by atoms with Crippen molar-refractivity contribution in [2.45, 2.75) is 112 Å². The van der Waals surface area contributed by atoms with Crippen LogP contribution in [-0.4, -0.2) is 13.2 Å². The molecular weight excluding hydrogens is 503 g/mol. The van der Waals surface area contributed by atoms with Crippen molar-refractivity contribution in [2.24, 2.45) is 11.8 Å². The third-order valence-corrected chi connectivity index (χ3v) is 5.81. The SMILES string of the molecule is CCCCC(CC)COP(=O)([O-])OCC(CC)CCCC.[CH2-]CCCCC.[Nd]. The molecule has 0 aliphatic rings. The van der Waals surface area contributed by atoms with Gasteiger partial charge in [-0.05, 0) is 24.7 Å². The molecule has 6 heteroatoms. The van der Waals surface area contributed by atoms with Gasteiger partial charge in [0.2, 0.25) is 0 Å². The molecule has 2 unspecified atom stereocenters. The van der Waals surface area contributed by atoms with Gasteiger partial charge < -0.3 is 20.9 Å². The monoisotopic (exact) mass is 548 g/mol. The summed E-state index contributed by atoms with van der Waals surface area (Å²) in [6.07, 6.45) is 13.4. The molecule has 0 N–H and O–H groups in total. The molecule has 0 aliphatic heterocycles. The van der Waals surface area contributed by atoms with Gasteiger partial charge in [0.25, 0.3) is 7.82 Å². The zero-order valence-corrected chi connectivity index (χ0v) is 23.4. The Morgan fingerprint density at radius 1 is 0.786 bits per heavy atom. The van der Waals surface area contributed by atoms with Crippen molar-refractivity contribution >= 4 is 7.82 Å². The Hall–Kier alpha value is 1.46. The van der Waals surface area contributed by atoms with Gasteiger partial charge >= 0.3 is 0 Å². The summed E-state index contributed by atoms with van der Waals surface area (Å²) in [4.78, 5) is 11.8. The van der Waals surface area contributed by atoms with Gasteiger partial charge in [-0.15, -0.1) is 0 Å². The van der Waals surface area contributed by atoms with E-state index < -0.39 is 7.82 Å². The number of phosphoric ester groups is 1. The second-order valence-electron chi connectivity index (χ2n) is 7.43. The van der Waals surface area contributed by atoms with Crippen LogP contribution in [0.3, 0.4) is 0 Å². The number of rotatable bonds is 17. The maximum Gasteiger partial charge on any atom is 0.267 e. The topological polar surface area (TPSA) is 58.6 Å². The van der Waals surface area contributed by atoms with E-state index in [1.165, 1.54) is 19.3 Å². The van der Waals surface area contributed by atoms with Gasteiger partial charge in [-0.3, -0.25) is 4.57 Å². The average molecular weight is 551 g/mol. The van der Waals surface area contributed by atoms with Crippen LogP contribution in [0.1, 0.15) is 112 Å². The molecule has 2 atom stereocenters. The Kier molecular flexibility index (Phi) is 30.1. The fraction of sp³-hybridized carbons (Fsp3) is 0.955. The summed E-state index contributed by atoms with van der Waals surface area (Å²) in [5.41, 5.74) is 0. The molecule has 0 aliphatic carbocycles. The summed E-state index contributed by atoms with van der Waals surface area (Å²) in [5, 5.41) is 0. The smallest absolute Gasteiger partial charge is 0.267 e. The van der Waals surface area contributed by atoms with Crippen molar-refractivity contribution in [3.05, 3.63) is 6.92 Å². The largest absolute Gasteiger partial charge is 0.756 e. The van der Waals surface area contributed by atoms with E-state index >= 15 is 0 Å². The second-order valence-corrected chi connectivity index (χ2v) is 8.84. The van der Waals surface area contributed by atoms with Crippen molar-refractivity contribution in [1.29, 1.82) is 0 Å². The minimum absolute atomic E-state index is 0. The third-order valence-electron chi connectivity index (χ3n) is 4.88. The summed E-state index contributed by atoms with van der Waals surface area (Å²) < 4.78 is 21.9. The van der Waals surface area contributed by atoms with E-state index in [1.807, 2.05) is 0 Å². The Bertz CT molecular complexity index is 314. The first-order valence-corrected chi connectivity index (χ1v) is 12.8. The van der Waals surface area contributed by atoms with Crippen LogP contribution in [-0.2, 0) is 13.6 Å². The molecule has 0 saturated carbocycles. The molecule has 0 aromatic heterocycles. The van der Waals surface area contributed by atoms with Crippen molar-refractivity contribution in [1.82, 2.24) is 0 Å². The van der Waals surface area contributed by atoms with Crippen molar-refractivity contribution in [3.63, 3.8) is 0 Å². The van der Waals surface area contributed by atoms with Crippen molar-refractivity contribution in [2.75, 3.05) is 13.2 Å². The molecule has 0 spiro atoms. The van der Waals surface area contributed by atoms with Crippen LogP contribution < -0.4 is 4.89 Å². The molecule has 0 aromatic carbocycles. The van der Waals surface area contributed by atoms with Gasteiger partial charge in [-0.1, -0.05) is 92.4 Å². The summed E-state index contributed by atoms with van der Waals surface area (Å²) in [6, 6.07) is 0. The molecule has 0 radical (unpaired) electrons. The predicted octanol–water partition coefficient (Wildman–Crippen LogP) is 7.32. The molecule has 0 aromatic rings. The zero-order valence-electron chi connectivity index (χ0n) is 19.3. The molecule has 0 heterocycles. The molecule has 0 saturated heterocycles. The standard InChI is InChI=1S/C16H35O4P.C6H13.Nd/c1-5-9-11-15(7-3)13-19-21(17,18)20-14-16(8-4)12-10-6-2;1-3-5-6-4-2;/h15-16H,5-14H2,1-4H3,(H,17,18);1,3-6H2,2H3;/q;-1;/p-1. The average Bonchev–Trinajstić information content (AvgIpc) is 2.67. The molecular formula is C22H47NdO4P-2. The molecule has 170 valence electrons. The van der Waals surface area contributed by atoms with E-state index in [2.05, 4.69) is 41.5 Å². The van der Waals surface area contributed by atoms with Gasteiger partial charge in [0.15, 0.2) is 0 Å². The Morgan fingerprint density at radius 3 is 1.43 bits per heavy atom. The molecule has 0 amide bonds. The number of unbranched alkanes of at least 4 members (excludes halogenated alkanes) is 5. The van der Waals surface area contributed by atoms with Gasteiger partial charge in [-0.25, -0.2) is 0 Å². The number of hydrogen-bond acceptors (Lipinski definition) is 4. The minimum atomic E-state index is -4.14. The first kappa shape index (κ1) is 34.1. The fourth-order valence-electron chi connectivity index (χ4n) is 2.65. The van der Waals surface area contributed by atoms with E-state index in [1.54, 1.807) is 0 Å². The van der Waals surface area contributed by atoms with Crippen LogP contribution in [0, 0.1) is 59.6 Å². The molecule has 28 heavy (non-hydrogen) atoms. The normalized spacial score (nSPS) is 15.0. The van der Waals surface area contributed by atoms with Crippen LogP contribution in [0.25, 0.3) is 0 Å². The van der Waals surface area contributed by atoms with E-state index in [0.717, 1.165) is 57.8 Å². The van der Waals surface area contributed by atoms with E-state index in [0.29, 0.717) is 11.8 Å². The summed E-state index contributed by atoms with van der Waals surface area (Å²) >= 11 is 0. The zero-order chi connectivity index (χ0) is 21.0. The second kappa shape index (κ2) is 24.7. The summed E-state index contributed by atoms with van der Waals surface area (Å²) in [5.74, 6) is 0.607. The maximum absolute atomic E-state index is 11.8. The van der Waals surface area contributed by atoms with Crippen LogP contribution >= 0.6 is 7.82 Å². The Morgan fingerprint density at radius 2 is 1.18 bits per heavy atom. The predicted molar refractivity (Wildman–Crippen MR) is 116 cm³/mol. The third kappa shape index (κ3) is 23.7. The first-order chi connectivity index (χ1) is 12.9. The molecule has 4 nitrogen and oxygen atoms in total. The molecule has 0 rings (SSSR count). The minimum Gasteiger partial charge on any atom is -0.756 e. The number of phosphoric acid groups is 1. The van der Waals surface area contributed by atoms with Crippen LogP contribution in [0.5, 0.6) is 0 Å². The summed E-state index contributed by atoms with van der Waals surface area (Å²) in [7, 11) is -4.14. The van der Waals surface area contributed by atoms with Gasteiger partial charge in [-0.2, -0.15) is 6.42 Å². The van der Waals surface area contributed by atoms with Crippen molar-refractivity contribution < 1.29 is 59.3 Å². The van der Waals surface area contributed by atoms with Crippen LogP contribution in [0.2, 0.25) is 0 Å². The Labute approximate surface area is 209 Å². The van der Waals surface area contributed by atoms with Gasteiger partial charge in [0.05, 0.1) is 13.2 Å². The molecule has 0 bridgehead atoms. The van der Waals surface area contributed by atoms with E-state index in [-0.39, 0.29) is 54.1 Å². The maximum atomic E-state index is 11.8. The van der Waals surface area contributed by atoms with E-state index in [4.69, 9.17) is 9.05 Å². The summed E-state index contributed by atoms with van der Waals surface area (Å²) in [6.45, 7) is 14.8. The Balaban J connectivity index is -0.000000771. The number of hydrogen-bond donors (Lipinski definition) is 0. The quantitative estimate of drug-likeness (QED) is 0.108. The van der Waals surface area contributed by atoms with Crippen LogP contribution in [0.4, 0.5) is 0 Å². The molecule has 0 fully saturated rings. The van der Waals surface area contributed by atoms with Gasteiger partial charge in [0, 0.05) is 40.8 Å². The van der Waals surface area contributed by atoms with Crippen LogP contribution in [0.15, 0.2) is 0 Å².